The maximum Gasteiger partial charge on any atom is 0.306 e. The van der Waals surface area contributed by atoms with Gasteiger partial charge in [0, 0.05) is 6.42 Å². The monoisotopic (exact) mass is 320 g/mol. The fraction of sp³-hybridized carbons (Fsp3) is 0.933. The Balaban J connectivity index is 2.11. The van der Waals surface area contributed by atoms with E-state index in [0.29, 0.717) is 32.1 Å². The predicted molar refractivity (Wildman–Crippen MR) is 81.7 cm³/mol. The molecule has 0 saturated heterocycles. The topological polar surface area (TPSA) is 80.7 Å². The van der Waals surface area contributed by atoms with Gasteiger partial charge in [-0.05, 0) is 32.1 Å². The molecule has 0 unspecified atom stereocenters. The van der Waals surface area contributed by atoms with Gasteiger partial charge in [-0.2, -0.15) is 8.42 Å². The summed E-state index contributed by atoms with van der Waals surface area (Å²) < 4.78 is 36.4. The second-order valence-corrected chi connectivity index (χ2v) is 7.62. The van der Waals surface area contributed by atoms with Gasteiger partial charge in [-0.15, -0.1) is 0 Å². The van der Waals surface area contributed by atoms with Gasteiger partial charge in [-0.25, -0.2) is 0 Å². The Morgan fingerprint density at radius 2 is 1.62 bits per heavy atom. The largest absolute Gasteiger partial charge is 0.462 e. The van der Waals surface area contributed by atoms with Crippen LogP contribution >= 0.6 is 0 Å². The molecule has 1 aliphatic rings. The van der Waals surface area contributed by atoms with Crippen LogP contribution in [0.3, 0.4) is 0 Å². The summed E-state index contributed by atoms with van der Waals surface area (Å²) in [5, 5.41) is -0.689. The Labute approximate surface area is 128 Å². The highest BCUT2D eigenvalue weighted by atomic mass is 32.2. The Morgan fingerprint density at radius 1 is 1.05 bits per heavy atom. The first-order valence-corrected chi connectivity index (χ1v) is 9.59. The lowest BCUT2D eigenvalue weighted by Gasteiger charge is -2.26. The molecule has 1 fully saturated rings. The third-order valence-electron chi connectivity index (χ3n) is 4.08. The molecule has 1 aliphatic carbocycles. The molecule has 5 nitrogen and oxygen atoms in total. The summed E-state index contributed by atoms with van der Waals surface area (Å²) >= 11 is 0. The molecule has 0 spiro atoms. The second kappa shape index (κ2) is 9.41. The number of esters is 1. The summed E-state index contributed by atoms with van der Waals surface area (Å²) in [5.74, 6) is -0.180. The van der Waals surface area contributed by atoms with Crippen LogP contribution in [-0.2, 0) is 19.6 Å². The van der Waals surface area contributed by atoms with Crippen LogP contribution in [0.5, 0.6) is 0 Å². The number of rotatable bonds is 9. The van der Waals surface area contributed by atoms with Crippen LogP contribution in [0, 0.1) is 0 Å². The van der Waals surface area contributed by atoms with E-state index in [9.17, 15) is 13.2 Å². The average molecular weight is 320 g/mol. The minimum atomic E-state index is -3.94. The zero-order valence-corrected chi connectivity index (χ0v) is 13.7. The lowest BCUT2D eigenvalue weighted by molar-refractivity contribution is -0.150. The maximum atomic E-state index is 11.7. The molecule has 0 amide bonds. The molecule has 1 rings (SSSR count). The van der Waals surface area contributed by atoms with Gasteiger partial charge in [0.2, 0.25) is 0 Å². The molecular formula is C15H28O5S. The van der Waals surface area contributed by atoms with Crippen molar-refractivity contribution in [3.8, 4) is 0 Å². The summed E-state index contributed by atoms with van der Waals surface area (Å²) in [6.07, 6.45) is 8.83. The highest BCUT2D eigenvalue weighted by molar-refractivity contribution is 7.86. The third-order valence-corrected chi connectivity index (χ3v) is 5.39. The molecule has 21 heavy (non-hydrogen) atoms. The van der Waals surface area contributed by atoms with Crippen LogP contribution in [0.15, 0.2) is 0 Å². The molecule has 0 aliphatic heterocycles. The van der Waals surface area contributed by atoms with Crippen LogP contribution in [-0.4, -0.2) is 30.3 Å². The van der Waals surface area contributed by atoms with Gasteiger partial charge in [0.1, 0.15) is 6.10 Å². The number of carbonyl (C=O) groups is 1. The Bertz CT molecular complexity index is 396. The molecule has 0 bridgehead atoms. The minimum absolute atomic E-state index is 0.180. The van der Waals surface area contributed by atoms with Gasteiger partial charge in [0.05, 0.1) is 5.25 Å². The zero-order valence-electron chi connectivity index (χ0n) is 12.9. The van der Waals surface area contributed by atoms with Crippen molar-refractivity contribution in [1.29, 1.82) is 0 Å². The van der Waals surface area contributed by atoms with E-state index in [1.807, 2.05) is 0 Å². The molecule has 6 heteroatoms. The second-order valence-electron chi connectivity index (χ2n) is 5.92. The summed E-state index contributed by atoms with van der Waals surface area (Å²) in [5.41, 5.74) is 0. The van der Waals surface area contributed by atoms with E-state index in [1.165, 1.54) is 25.7 Å². The van der Waals surface area contributed by atoms with Gasteiger partial charge in [-0.1, -0.05) is 39.0 Å². The standard InChI is InChI=1S/C15H28O5S/c1-2-3-4-5-6-7-8-15(16)20-13-9-11-14(12-10-13)21(17,18)19/h13-14H,2-12H2,1H3,(H,17,18,19). The fourth-order valence-electron chi connectivity index (χ4n) is 2.74. The third kappa shape index (κ3) is 7.81. The van der Waals surface area contributed by atoms with Crippen molar-refractivity contribution in [2.45, 2.75) is 88.9 Å². The zero-order chi connectivity index (χ0) is 15.7. The molecule has 0 aromatic carbocycles. The van der Waals surface area contributed by atoms with Crippen molar-refractivity contribution in [3.63, 3.8) is 0 Å². The SMILES string of the molecule is CCCCCCCCC(=O)OC1CCC(S(=O)(=O)O)CC1. The number of carbonyl (C=O) groups excluding carboxylic acids is 1. The summed E-state index contributed by atoms with van der Waals surface area (Å²) in [6, 6.07) is 0. The molecule has 0 aromatic rings. The lowest BCUT2D eigenvalue weighted by atomic mass is 9.97. The number of unbranched alkanes of at least 4 members (excludes halogenated alkanes) is 5. The normalized spacial score (nSPS) is 23.0. The van der Waals surface area contributed by atoms with Gasteiger partial charge >= 0.3 is 5.97 Å². The van der Waals surface area contributed by atoms with E-state index >= 15 is 0 Å². The Morgan fingerprint density at radius 3 is 2.19 bits per heavy atom. The van der Waals surface area contributed by atoms with Crippen LogP contribution in [0.2, 0.25) is 0 Å². The van der Waals surface area contributed by atoms with E-state index in [-0.39, 0.29) is 12.1 Å². The van der Waals surface area contributed by atoms with E-state index in [1.54, 1.807) is 0 Å². The molecule has 0 heterocycles. The fourth-order valence-corrected chi connectivity index (χ4v) is 3.61. The summed E-state index contributed by atoms with van der Waals surface area (Å²) in [6.45, 7) is 2.17. The van der Waals surface area contributed by atoms with E-state index in [4.69, 9.17) is 9.29 Å². The number of hydrogen-bond acceptors (Lipinski definition) is 4. The first-order valence-electron chi connectivity index (χ1n) is 8.09. The van der Waals surface area contributed by atoms with Gasteiger partial charge in [0.15, 0.2) is 0 Å². The molecule has 0 radical (unpaired) electrons. The number of ether oxygens (including phenoxy) is 1. The molecular weight excluding hydrogens is 292 g/mol. The first-order chi connectivity index (χ1) is 9.93. The minimum Gasteiger partial charge on any atom is -0.462 e. The van der Waals surface area contributed by atoms with Gasteiger partial charge < -0.3 is 4.74 Å². The Hall–Kier alpha value is -0.620. The van der Waals surface area contributed by atoms with Crippen molar-refractivity contribution in [3.05, 3.63) is 0 Å². The summed E-state index contributed by atoms with van der Waals surface area (Å²) in [4.78, 5) is 11.7. The summed E-state index contributed by atoms with van der Waals surface area (Å²) in [7, 11) is -3.94. The smallest absolute Gasteiger partial charge is 0.306 e. The van der Waals surface area contributed by atoms with E-state index < -0.39 is 15.4 Å². The lowest BCUT2D eigenvalue weighted by Crippen LogP contribution is -2.31. The first kappa shape index (κ1) is 18.4. The van der Waals surface area contributed by atoms with Gasteiger partial charge in [0.25, 0.3) is 10.1 Å². The van der Waals surface area contributed by atoms with Crippen LogP contribution in [0.1, 0.15) is 77.6 Å². The highest BCUT2D eigenvalue weighted by Gasteiger charge is 2.30. The van der Waals surface area contributed by atoms with Crippen LogP contribution in [0.25, 0.3) is 0 Å². The van der Waals surface area contributed by atoms with Crippen molar-refractivity contribution < 1.29 is 22.5 Å². The molecule has 1 saturated carbocycles. The molecule has 1 N–H and O–H groups in total. The van der Waals surface area contributed by atoms with Crippen molar-refractivity contribution in [2.75, 3.05) is 0 Å². The van der Waals surface area contributed by atoms with Crippen molar-refractivity contribution in [2.24, 2.45) is 0 Å². The molecule has 124 valence electrons. The van der Waals surface area contributed by atoms with Crippen LogP contribution in [0.4, 0.5) is 0 Å². The van der Waals surface area contributed by atoms with Gasteiger partial charge in [-0.3, -0.25) is 9.35 Å². The van der Waals surface area contributed by atoms with E-state index in [0.717, 1.165) is 12.8 Å². The average Bonchev–Trinajstić information content (AvgIpc) is 2.42. The van der Waals surface area contributed by atoms with Crippen molar-refractivity contribution >= 4 is 16.1 Å². The van der Waals surface area contributed by atoms with Crippen LogP contribution < -0.4 is 0 Å². The van der Waals surface area contributed by atoms with Crippen molar-refractivity contribution in [1.82, 2.24) is 0 Å². The Kier molecular flexibility index (Phi) is 8.26. The van der Waals surface area contributed by atoms with E-state index in [2.05, 4.69) is 6.92 Å². The highest BCUT2D eigenvalue weighted by Crippen LogP contribution is 2.26. The molecule has 0 atom stereocenters. The number of hydrogen-bond donors (Lipinski definition) is 1. The molecule has 0 aromatic heterocycles. The predicted octanol–water partition coefficient (Wildman–Crippen LogP) is 3.48. The maximum absolute atomic E-state index is 11.7. The quantitative estimate of drug-likeness (QED) is 0.399.